The molecule has 0 amide bonds. The van der Waals surface area contributed by atoms with Crippen LogP contribution in [-0.2, 0) is 0 Å². The number of hydrogen-bond donors (Lipinski definition) is 1. The third-order valence-electron chi connectivity index (χ3n) is 2.61. The summed E-state index contributed by atoms with van der Waals surface area (Å²) in [6.45, 7) is 1.97. The summed E-state index contributed by atoms with van der Waals surface area (Å²) in [7, 11) is 0. The lowest BCUT2D eigenvalue weighted by molar-refractivity contribution is 1.24. The third-order valence-corrected chi connectivity index (χ3v) is 3.40. The average Bonchev–Trinajstić information content (AvgIpc) is 2.84. The molecule has 1 aromatic carbocycles. The van der Waals surface area contributed by atoms with Crippen LogP contribution in [0, 0.1) is 6.92 Å². The van der Waals surface area contributed by atoms with E-state index in [0.717, 1.165) is 27.4 Å². The number of hydrazone groups is 1. The molecule has 2 heterocycles. The number of anilines is 1. The highest BCUT2D eigenvalue weighted by atomic mass is 32.1. The Kier molecular flexibility index (Phi) is 3.20. The SMILES string of the molecule is Cc1nc(/C=N/Nc2ccc3ccccc3n2)cs1. The Morgan fingerprint density at radius 3 is 2.89 bits per heavy atom. The van der Waals surface area contributed by atoms with E-state index in [4.69, 9.17) is 0 Å². The third kappa shape index (κ3) is 2.77. The van der Waals surface area contributed by atoms with Crippen molar-refractivity contribution >= 4 is 34.3 Å². The number of hydrogen-bond acceptors (Lipinski definition) is 5. The summed E-state index contributed by atoms with van der Waals surface area (Å²) in [5, 5.41) is 8.26. The number of aromatic nitrogens is 2. The normalized spacial score (nSPS) is 11.2. The van der Waals surface area contributed by atoms with E-state index in [9.17, 15) is 0 Å². The molecule has 0 spiro atoms. The van der Waals surface area contributed by atoms with Crippen LogP contribution in [0.2, 0.25) is 0 Å². The van der Waals surface area contributed by atoms with E-state index in [1.165, 1.54) is 0 Å². The number of nitrogens with zero attached hydrogens (tertiary/aromatic N) is 3. The van der Waals surface area contributed by atoms with E-state index >= 15 is 0 Å². The fraction of sp³-hybridized carbons (Fsp3) is 0.0714. The monoisotopic (exact) mass is 268 g/mol. The minimum absolute atomic E-state index is 0.724. The number of nitrogens with one attached hydrogen (secondary N) is 1. The molecule has 5 heteroatoms. The molecule has 0 aliphatic carbocycles. The average molecular weight is 268 g/mol. The summed E-state index contributed by atoms with van der Waals surface area (Å²) in [6, 6.07) is 11.9. The van der Waals surface area contributed by atoms with E-state index in [0.29, 0.717) is 0 Å². The van der Waals surface area contributed by atoms with Crippen molar-refractivity contribution in [2.75, 3.05) is 5.43 Å². The smallest absolute Gasteiger partial charge is 0.146 e. The topological polar surface area (TPSA) is 50.2 Å². The molecule has 19 heavy (non-hydrogen) atoms. The van der Waals surface area contributed by atoms with Crippen molar-refractivity contribution in [3.8, 4) is 0 Å². The molecule has 0 aliphatic heterocycles. The first-order valence-corrected chi connectivity index (χ1v) is 6.76. The highest BCUT2D eigenvalue weighted by molar-refractivity contribution is 7.09. The van der Waals surface area contributed by atoms with E-state index in [2.05, 4.69) is 20.5 Å². The van der Waals surface area contributed by atoms with Crippen molar-refractivity contribution in [1.29, 1.82) is 0 Å². The van der Waals surface area contributed by atoms with Crippen LogP contribution in [0.1, 0.15) is 10.7 Å². The van der Waals surface area contributed by atoms with E-state index < -0.39 is 0 Å². The van der Waals surface area contributed by atoms with Crippen LogP contribution >= 0.6 is 11.3 Å². The number of aryl methyl sites for hydroxylation is 1. The minimum atomic E-state index is 0.724. The van der Waals surface area contributed by atoms with Crippen LogP contribution in [0.5, 0.6) is 0 Å². The van der Waals surface area contributed by atoms with Gasteiger partial charge in [-0.1, -0.05) is 18.2 Å². The van der Waals surface area contributed by atoms with Gasteiger partial charge in [0.25, 0.3) is 0 Å². The lowest BCUT2D eigenvalue weighted by Crippen LogP contribution is -1.93. The van der Waals surface area contributed by atoms with Crippen LogP contribution < -0.4 is 5.43 Å². The van der Waals surface area contributed by atoms with Gasteiger partial charge in [0.05, 0.1) is 22.4 Å². The van der Waals surface area contributed by atoms with Crippen LogP contribution in [0.25, 0.3) is 10.9 Å². The van der Waals surface area contributed by atoms with Crippen LogP contribution in [0.3, 0.4) is 0 Å². The summed E-state index contributed by atoms with van der Waals surface area (Å²) < 4.78 is 0. The minimum Gasteiger partial charge on any atom is -0.261 e. The number of benzene rings is 1. The van der Waals surface area contributed by atoms with Crippen molar-refractivity contribution in [3.63, 3.8) is 0 Å². The summed E-state index contributed by atoms with van der Waals surface area (Å²) >= 11 is 1.61. The molecule has 3 rings (SSSR count). The second kappa shape index (κ2) is 5.16. The second-order valence-electron chi connectivity index (χ2n) is 4.05. The van der Waals surface area contributed by atoms with Gasteiger partial charge in [-0.25, -0.2) is 9.97 Å². The number of fused-ring (bicyclic) bond motifs is 1. The van der Waals surface area contributed by atoms with Crippen molar-refractivity contribution in [2.45, 2.75) is 6.92 Å². The number of para-hydroxylation sites is 1. The molecule has 0 aliphatic rings. The summed E-state index contributed by atoms with van der Waals surface area (Å²) in [6.07, 6.45) is 1.69. The van der Waals surface area contributed by atoms with Crippen LogP contribution in [-0.4, -0.2) is 16.2 Å². The molecular formula is C14H12N4S. The molecule has 94 valence electrons. The Morgan fingerprint density at radius 2 is 2.05 bits per heavy atom. The molecule has 0 bridgehead atoms. The van der Waals surface area contributed by atoms with Gasteiger partial charge in [0.2, 0.25) is 0 Å². The molecule has 2 aromatic heterocycles. The molecule has 4 nitrogen and oxygen atoms in total. The number of thiazole rings is 1. The lowest BCUT2D eigenvalue weighted by atomic mass is 10.2. The lowest BCUT2D eigenvalue weighted by Gasteiger charge is -2.01. The molecule has 1 N–H and O–H groups in total. The first-order valence-electron chi connectivity index (χ1n) is 5.88. The molecule has 0 atom stereocenters. The van der Waals surface area contributed by atoms with Gasteiger partial charge in [0, 0.05) is 10.8 Å². The predicted molar refractivity (Wildman–Crippen MR) is 79.8 cm³/mol. The van der Waals surface area contributed by atoms with Crippen molar-refractivity contribution in [3.05, 3.63) is 52.5 Å². The highest BCUT2D eigenvalue weighted by Crippen LogP contribution is 2.14. The van der Waals surface area contributed by atoms with Crippen LogP contribution in [0.15, 0.2) is 46.9 Å². The zero-order chi connectivity index (χ0) is 13.1. The van der Waals surface area contributed by atoms with Crippen LogP contribution in [0.4, 0.5) is 5.82 Å². The molecular weight excluding hydrogens is 256 g/mol. The van der Waals surface area contributed by atoms with Crippen molar-refractivity contribution in [2.24, 2.45) is 5.10 Å². The first kappa shape index (κ1) is 11.8. The largest absolute Gasteiger partial charge is 0.261 e. The Labute approximate surface area is 114 Å². The molecule has 0 saturated carbocycles. The maximum Gasteiger partial charge on any atom is 0.146 e. The van der Waals surface area contributed by atoms with E-state index in [-0.39, 0.29) is 0 Å². The van der Waals surface area contributed by atoms with Gasteiger partial charge in [-0.3, -0.25) is 5.43 Å². The predicted octanol–water partition coefficient (Wildman–Crippen LogP) is 3.45. The fourth-order valence-electron chi connectivity index (χ4n) is 1.73. The standard InChI is InChI=1S/C14H12N4S/c1-10-16-12(9-19-10)8-15-18-14-7-6-11-4-2-3-5-13(11)17-14/h2-9H,1H3,(H,17,18)/b15-8+. The molecule has 0 saturated heterocycles. The molecule has 0 radical (unpaired) electrons. The number of rotatable bonds is 3. The first-order chi connectivity index (χ1) is 9.31. The molecule has 0 unspecified atom stereocenters. The Hall–Kier alpha value is -2.27. The van der Waals surface area contributed by atoms with Gasteiger partial charge in [0.15, 0.2) is 0 Å². The number of pyridine rings is 1. The van der Waals surface area contributed by atoms with E-state index in [1.54, 1.807) is 17.6 Å². The Morgan fingerprint density at radius 1 is 1.16 bits per heavy atom. The van der Waals surface area contributed by atoms with Crippen molar-refractivity contribution < 1.29 is 0 Å². The van der Waals surface area contributed by atoms with Gasteiger partial charge in [-0.15, -0.1) is 11.3 Å². The highest BCUT2D eigenvalue weighted by Gasteiger charge is 1.96. The van der Waals surface area contributed by atoms with Crippen molar-refractivity contribution in [1.82, 2.24) is 9.97 Å². The van der Waals surface area contributed by atoms with E-state index in [1.807, 2.05) is 48.7 Å². The molecule has 3 aromatic rings. The summed E-state index contributed by atoms with van der Waals surface area (Å²) in [5.74, 6) is 0.724. The van der Waals surface area contributed by atoms with Gasteiger partial charge in [-0.2, -0.15) is 5.10 Å². The van der Waals surface area contributed by atoms with Gasteiger partial charge in [-0.05, 0) is 25.1 Å². The van der Waals surface area contributed by atoms with Gasteiger partial charge in [0.1, 0.15) is 5.82 Å². The maximum atomic E-state index is 4.47. The zero-order valence-electron chi connectivity index (χ0n) is 10.4. The zero-order valence-corrected chi connectivity index (χ0v) is 11.2. The quantitative estimate of drug-likeness (QED) is 0.584. The Bertz CT molecular complexity index is 733. The van der Waals surface area contributed by atoms with Gasteiger partial charge >= 0.3 is 0 Å². The Balaban J connectivity index is 1.76. The summed E-state index contributed by atoms with van der Waals surface area (Å²) in [5.41, 5.74) is 4.73. The maximum absolute atomic E-state index is 4.47. The second-order valence-corrected chi connectivity index (χ2v) is 5.11. The fourth-order valence-corrected chi connectivity index (χ4v) is 2.30. The van der Waals surface area contributed by atoms with Gasteiger partial charge < -0.3 is 0 Å². The summed E-state index contributed by atoms with van der Waals surface area (Å²) in [4.78, 5) is 8.77. The molecule has 0 fully saturated rings.